The Morgan fingerprint density at radius 1 is 1.33 bits per heavy atom. The van der Waals surface area contributed by atoms with E-state index in [1.165, 1.54) is 19.8 Å². The van der Waals surface area contributed by atoms with Gasteiger partial charge in [0.15, 0.2) is 5.96 Å². The van der Waals surface area contributed by atoms with E-state index in [4.69, 9.17) is 4.74 Å². The Labute approximate surface area is 125 Å². The zero-order valence-electron chi connectivity index (χ0n) is 11.0. The Morgan fingerprint density at radius 2 is 2.00 bits per heavy atom. The van der Waals surface area contributed by atoms with E-state index in [2.05, 4.69) is 20.9 Å². The molecule has 0 saturated heterocycles. The van der Waals surface area contributed by atoms with E-state index in [1.807, 2.05) is 0 Å². The van der Waals surface area contributed by atoms with Crippen molar-refractivity contribution in [3.05, 3.63) is 0 Å². The maximum Gasteiger partial charge on any atom is 0.216 e. The third-order valence-corrected chi connectivity index (χ3v) is 2.27. The van der Waals surface area contributed by atoms with Crippen LogP contribution in [0.1, 0.15) is 19.8 Å². The lowest BCUT2D eigenvalue weighted by Gasteiger charge is -2.12. The molecule has 0 aromatic heterocycles. The van der Waals surface area contributed by atoms with Gasteiger partial charge < -0.3 is 20.7 Å². The average molecular weight is 370 g/mol. The summed E-state index contributed by atoms with van der Waals surface area (Å²) >= 11 is 0. The molecule has 106 valence electrons. The predicted molar refractivity (Wildman–Crippen MR) is 82.4 cm³/mol. The Morgan fingerprint density at radius 3 is 2.56 bits per heavy atom. The quantitative estimate of drug-likeness (QED) is 0.257. The maximum atomic E-state index is 10.7. The van der Waals surface area contributed by atoms with Crippen molar-refractivity contribution in [2.24, 2.45) is 4.99 Å². The molecular weight excluding hydrogens is 347 g/mol. The summed E-state index contributed by atoms with van der Waals surface area (Å²) in [6.45, 7) is 4.04. The molecule has 6 nitrogen and oxygen atoms in total. The normalized spacial score (nSPS) is 14.7. The molecule has 0 bridgehead atoms. The van der Waals surface area contributed by atoms with Gasteiger partial charge in [-0.15, -0.1) is 24.0 Å². The topological polar surface area (TPSA) is 74.8 Å². The van der Waals surface area contributed by atoms with Gasteiger partial charge in [-0.2, -0.15) is 0 Å². The minimum Gasteiger partial charge on any atom is -0.383 e. The number of carbonyl (C=O) groups is 1. The van der Waals surface area contributed by atoms with Crippen molar-refractivity contribution in [2.75, 3.05) is 33.4 Å². The van der Waals surface area contributed by atoms with Crippen LogP contribution in [0.25, 0.3) is 0 Å². The highest BCUT2D eigenvalue weighted by Crippen LogP contribution is 2.18. The number of methoxy groups -OCH3 is 1. The summed E-state index contributed by atoms with van der Waals surface area (Å²) in [5.41, 5.74) is 0. The standard InChI is InChI=1S/C11H22N4O2.HI/c1-9(16)12-5-6-13-11(14-7-8-17-2)15-10-3-4-10;/h10H,3-8H2,1-2H3,(H,12,16)(H2,13,14,15);1H. The fourth-order valence-electron chi connectivity index (χ4n) is 1.24. The Hall–Kier alpha value is -0.570. The van der Waals surface area contributed by atoms with Crippen molar-refractivity contribution in [1.82, 2.24) is 16.0 Å². The fourth-order valence-corrected chi connectivity index (χ4v) is 1.24. The van der Waals surface area contributed by atoms with Crippen LogP contribution in [0, 0.1) is 0 Å². The number of rotatable bonds is 7. The summed E-state index contributed by atoms with van der Waals surface area (Å²) in [6.07, 6.45) is 2.41. The van der Waals surface area contributed by atoms with Gasteiger partial charge in [-0.25, -0.2) is 0 Å². The van der Waals surface area contributed by atoms with Crippen molar-refractivity contribution >= 4 is 35.8 Å². The smallest absolute Gasteiger partial charge is 0.216 e. The molecule has 1 saturated carbocycles. The second-order valence-electron chi connectivity index (χ2n) is 4.05. The molecule has 0 spiro atoms. The van der Waals surface area contributed by atoms with Crippen LogP contribution in [0.3, 0.4) is 0 Å². The van der Waals surface area contributed by atoms with Gasteiger partial charge in [0, 0.05) is 33.2 Å². The van der Waals surface area contributed by atoms with E-state index in [0.717, 1.165) is 5.96 Å². The molecule has 3 N–H and O–H groups in total. The number of guanidine groups is 1. The molecule has 1 aliphatic carbocycles. The minimum atomic E-state index is -0.0141. The molecule has 0 radical (unpaired) electrons. The van der Waals surface area contributed by atoms with Gasteiger partial charge in [-0.3, -0.25) is 9.79 Å². The van der Waals surface area contributed by atoms with E-state index >= 15 is 0 Å². The first-order valence-corrected chi connectivity index (χ1v) is 6.00. The number of carbonyl (C=O) groups excluding carboxylic acids is 1. The highest BCUT2D eigenvalue weighted by molar-refractivity contribution is 14.0. The van der Waals surface area contributed by atoms with Crippen LogP contribution in [0.5, 0.6) is 0 Å². The van der Waals surface area contributed by atoms with Crippen molar-refractivity contribution in [2.45, 2.75) is 25.8 Å². The molecule has 0 atom stereocenters. The molecule has 7 heteroatoms. The zero-order chi connectivity index (χ0) is 12.5. The zero-order valence-corrected chi connectivity index (χ0v) is 13.3. The third-order valence-electron chi connectivity index (χ3n) is 2.27. The average Bonchev–Trinajstić information content (AvgIpc) is 3.08. The number of aliphatic imine (C=N–C) groups is 1. The summed E-state index contributed by atoms with van der Waals surface area (Å²) in [4.78, 5) is 15.1. The van der Waals surface area contributed by atoms with Crippen molar-refractivity contribution in [1.29, 1.82) is 0 Å². The van der Waals surface area contributed by atoms with Gasteiger partial charge in [0.05, 0.1) is 13.2 Å². The molecule has 1 fully saturated rings. The number of hydrogen-bond acceptors (Lipinski definition) is 3. The second-order valence-corrected chi connectivity index (χ2v) is 4.05. The van der Waals surface area contributed by atoms with E-state index in [9.17, 15) is 4.79 Å². The van der Waals surface area contributed by atoms with Crippen LogP contribution in [-0.4, -0.2) is 51.3 Å². The molecule has 1 rings (SSSR count). The fraction of sp³-hybridized carbons (Fsp3) is 0.818. The van der Waals surface area contributed by atoms with Gasteiger partial charge in [0.2, 0.25) is 5.91 Å². The molecule has 0 unspecified atom stereocenters. The van der Waals surface area contributed by atoms with Crippen LogP contribution < -0.4 is 16.0 Å². The van der Waals surface area contributed by atoms with E-state index in [1.54, 1.807) is 7.11 Å². The third kappa shape index (κ3) is 9.46. The highest BCUT2D eigenvalue weighted by atomic mass is 127. The summed E-state index contributed by atoms with van der Waals surface area (Å²) < 4.78 is 4.95. The number of nitrogens with one attached hydrogen (secondary N) is 3. The molecule has 1 aliphatic rings. The first-order valence-electron chi connectivity index (χ1n) is 6.00. The summed E-state index contributed by atoms with van der Waals surface area (Å²) in [5, 5.41) is 9.21. The number of halogens is 1. The summed E-state index contributed by atoms with van der Waals surface area (Å²) in [5.74, 6) is 0.787. The number of ether oxygens (including phenoxy) is 1. The lowest BCUT2D eigenvalue weighted by atomic mass is 10.5. The van der Waals surface area contributed by atoms with Gasteiger partial charge in [0.25, 0.3) is 0 Å². The Bertz CT molecular complexity index is 270. The van der Waals surface area contributed by atoms with Crippen LogP contribution in [-0.2, 0) is 9.53 Å². The van der Waals surface area contributed by atoms with Crippen LogP contribution in [0.4, 0.5) is 0 Å². The molecule has 0 aromatic carbocycles. The molecule has 0 aliphatic heterocycles. The molecule has 1 amide bonds. The molecule has 18 heavy (non-hydrogen) atoms. The van der Waals surface area contributed by atoms with Crippen LogP contribution >= 0.6 is 24.0 Å². The summed E-state index contributed by atoms with van der Waals surface area (Å²) in [6, 6.07) is 0.560. The monoisotopic (exact) mass is 370 g/mol. The molecule has 0 heterocycles. The summed E-state index contributed by atoms with van der Waals surface area (Å²) in [7, 11) is 1.66. The van der Waals surface area contributed by atoms with E-state index in [-0.39, 0.29) is 29.9 Å². The maximum absolute atomic E-state index is 10.7. The van der Waals surface area contributed by atoms with Gasteiger partial charge in [-0.05, 0) is 12.8 Å². The first-order chi connectivity index (χ1) is 8.22. The lowest BCUT2D eigenvalue weighted by molar-refractivity contribution is -0.118. The Balaban J connectivity index is 0.00000289. The molecular formula is C11H23IN4O2. The number of amides is 1. The number of hydrogen-bond donors (Lipinski definition) is 3. The predicted octanol–water partition coefficient (Wildman–Crippen LogP) is 0.0845. The van der Waals surface area contributed by atoms with Crippen molar-refractivity contribution < 1.29 is 9.53 Å². The molecule has 0 aromatic rings. The lowest BCUT2D eigenvalue weighted by Crippen LogP contribution is -2.42. The Kier molecular flexibility index (Phi) is 10.0. The van der Waals surface area contributed by atoms with Gasteiger partial charge in [0.1, 0.15) is 0 Å². The second kappa shape index (κ2) is 10.4. The van der Waals surface area contributed by atoms with Crippen LogP contribution in [0.2, 0.25) is 0 Å². The van der Waals surface area contributed by atoms with Gasteiger partial charge >= 0.3 is 0 Å². The van der Waals surface area contributed by atoms with E-state index in [0.29, 0.717) is 32.3 Å². The largest absolute Gasteiger partial charge is 0.383 e. The highest BCUT2D eigenvalue weighted by Gasteiger charge is 2.22. The van der Waals surface area contributed by atoms with Crippen LogP contribution in [0.15, 0.2) is 4.99 Å². The number of nitrogens with zero attached hydrogens (tertiary/aromatic N) is 1. The van der Waals surface area contributed by atoms with Crippen molar-refractivity contribution in [3.63, 3.8) is 0 Å². The SMILES string of the molecule is COCCN=C(NCCNC(C)=O)NC1CC1.I. The minimum absolute atomic E-state index is 0. The first kappa shape index (κ1) is 17.4. The van der Waals surface area contributed by atoms with Gasteiger partial charge in [-0.1, -0.05) is 0 Å². The van der Waals surface area contributed by atoms with E-state index < -0.39 is 0 Å². The van der Waals surface area contributed by atoms with Crippen molar-refractivity contribution in [3.8, 4) is 0 Å².